The van der Waals surface area contributed by atoms with Crippen LogP contribution < -0.4 is 0 Å². The van der Waals surface area contributed by atoms with Crippen molar-refractivity contribution in [3.8, 4) is 0 Å². The number of benzene rings is 1. The highest BCUT2D eigenvalue weighted by atomic mass is 35.5. The van der Waals surface area contributed by atoms with Crippen LogP contribution in [0, 0.1) is 13.8 Å². The molecule has 3 rings (SSSR count). The van der Waals surface area contributed by atoms with Gasteiger partial charge in [0.2, 0.25) is 0 Å². The van der Waals surface area contributed by atoms with E-state index in [4.69, 9.17) is 11.6 Å². The standard InChI is InChI=1S/C15H14ClN3S/c1-9-5-4-6-11-14(9)12(8-19(11)3)20-15-10(2)18-13(16)7-17-15/h4-8H,1-3H3. The van der Waals surface area contributed by atoms with Crippen molar-refractivity contribution in [2.75, 3.05) is 0 Å². The number of nitrogens with zero attached hydrogens (tertiary/aromatic N) is 3. The topological polar surface area (TPSA) is 30.7 Å². The van der Waals surface area contributed by atoms with Gasteiger partial charge < -0.3 is 4.57 Å². The Kier molecular flexibility index (Phi) is 3.44. The molecule has 0 radical (unpaired) electrons. The molecule has 2 aromatic heterocycles. The highest BCUT2D eigenvalue weighted by Gasteiger charge is 2.12. The van der Waals surface area contributed by atoms with Crippen LogP contribution in [0.2, 0.25) is 5.15 Å². The fourth-order valence-corrected chi connectivity index (χ4v) is 3.56. The van der Waals surface area contributed by atoms with Crippen LogP contribution in [0.25, 0.3) is 10.9 Å². The molecule has 0 spiro atoms. The lowest BCUT2D eigenvalue weighted by atomic mass is 10.1. The average molecular weight is 304 g/mol. The van der Waals surface area contributed by atoms with Gasteiger partial charge in [-0.05, 0) is 25.5 Å². The second-order valence-corrected chi connectivity index (χ2v) is 6.18. The van der Waals surface area contributed by atoms with E-state index in [0.29, 0.717) is 5.15 Å². The van der Waals surface area contributed by atoms with Gasteiger partial charge in [-0.25, -0.2) is 9.97 Å². The molecule has 2 heterocycles. The van der Waals surface area contributed by atoms with Crippen LogP contribution in [-0.2, 0) is 7.05 Å². The Hall–Kier alpha value is -1.52. The maximum absolute atomic E-state index is 5.86. The first-order chi connectivity index (χ1) is 9.56. The predicted octanol–water partition coefficient (Wildman–Crippen LogP) is 4.39. The molecule has 0 aliphatic rings. The summed E-state index contributed by atoms with van der Waals surface area (Å²) < 4.78 is 2.14. The quantitative estimate of drug-likeness (QED) is 0.703. The first-order valence-corrected chi connectivity index (χ1v) is 7.47. The Balaban J connectivity index is 2.11. The van der Waals surface area contributed by atoms with Crippen molar-refractivity contribution in [1.82, 2.24) is 14.5 Å². The van der Waals surface area contributed by atoms with Crippen LogP contribution in [0.15, 0.2) is 40.5 Å². The minimum Gasteiger partial charge on any atom is -0.349 e. The molecule has 0 bridgehead atoms. The maximum atomic E-state index is 5.86. The molecule has 0 atom stereocenters. The van der Waals surface area contributed by atoms with Gasteiger partial charge in [0.25, 0.3) is 0 Å². The number of halogens is 1. The molecule has 0 saturated carbocycles. The molecule has 0 aliphatic heterocycles. The molecule has 1 aromatic carbocycles. The minimum absolute atomic E-state index is 0.431. The molecule has 0 amide bonds. The van der Waals surface area contributed by atoms with Gasteiger partial charge in [0.05, 0.1) is 11.9 Å². The SMILES string of the molecule is Cc1nc(Cl)cnc1Sc1cn(C)c2cccc(C)c12. The van der Waals surface area contributed by atoms with Crippen LogP contribution in [0.3, 0.4) is 0 Å². The van der Waals surface area contributed by atoms with E-state index in [2.05, 4.69) is 52.9 Å². The molecule has 0 fully saturated rings. The van der Waals surface area contributed by atoms with E-state index in [1.54, 1.807) is 18.0 Å². The van der Waals surface area contributed by atoms with E-state index < -0.39 is 0 Å². The van der Waals surface area contributed by atoms with Crippen molar-refractivity contribution >= 4 is 34.3 Å². The largest absolute Gasteiger partial charge is 0.349 e. The number of fused-ring (bicyclic) bond motifs is 1. The maximum Gasteiger partial charge on any atom is 0.147 e. The number of aryl methyl sites for hydroxylation is 3. The third-order valence-electron chi connectivity index (χ3n) is 3.27. The van der Waals surface area contributed by atoms with Crippen molar-refractivity contribution in [3.05, 3.63) is 47.0 Å². The van der Waals surface area contributed by atoms with Crippen LogP contribution in [0.1, 0.15) is 11.3 Å². The third-order valence-corrected chi connectivity index (χ3v) is 4.57. The second kappa shape index (κ2) is 5.11. The minimum atomic E-state index is 0.431. The Bertz CT molecular complexity index is 795. The van der Waals surface area contributed by atoms with Gasteiger partial charge in [0.1, 0.15) is 10.2 Å². The van der Waals surface area contributed by atoms with Gasteiger partial charge in [-0.1, -0.05) is 35.5 Å². The van der Waals surface area contributed by atoms with Gasteiger partial charge in [-0.15, -0.1) is 0 Å². The summed E-state index contributed by atoms with van der Waals surface area (Å²) in [5.74, 6) is 0. The van der Waals surface area contributed by atoms with E-state index >= 15 is 0 Å². The zero-order valence-corrected chi connectivity index (χ0v) is 13.1. The summed E-state index contributed by atoms with van der Waals surface area (Å²) in [6, 6.07) is 6.35. The molecular formula is C15H14ClN3S. The Morgan fingerprint density at radius 3 is 2.80 bits per heavy atom. The molecule has 0 N–H and O–H groups in total. The monoisotopic (exact) mass is 303 g/mol. The van der Waals surface area contributed by atoms with Crippen LogP contribution in [0.5, 0.6) is 0 Å². The van der Waals surface area contributed by atoms with Crippen molar-refractivity contribution in [1.29, 1.82) is 0 Å². The van der Waals surface area contributed by atoms with Crippen molar-refractivity contribution in [2.45, 2.75) is 23.8 Å². The summed E-state index contributed by atoms with van der Waals surface area (Å²) in [5.41, 5.74) is 3.35. The highest BCUT2D eigenvalue weighted by molar-refractivity contribution is 7.99. The summed E-state index contributed by atoms with van der Waals surface area (Å²) in [6.07, 6.45) is 3.73. The molecule has 3 aromatic rings. The van der Waals surface area contributed by atoms with Crippen molar-refractivity contribution in [2.24, 2.45) is 7.05 Å². The van der Waals surface area contributed by atoms with Crippen molar-refractivity contribution < 1.29 is 0 Å². The van der Waals surface area contributed by atoms with E-state index in [1.807, 2.05) is 6.92 Å². The summed E-state index contributed by atoms with van der Waals surface area (Å²) in [7, 11) is 2.06. The predicted molar refractivity (Wildman–Crippen MR) is 83.6 cm³/mol. The zero-order chi connectivity index (χ0) is 14.3. The molecule has 5 heteroatoms. The average Bonchev–Trinajstić information content (AvgIpc) is 2.71. The Labute approximate surface area is 127 Å². The van der Waals surface area contributed by atoms with Gasteiger partial charge in [0.15, 0.2) is 0 Å². The highest BCUT2D eigenvalue weighted by Crippen LogP contribution is 2.36. The summed E-state index contributed by atoms with van der Waals surface area (Å²) >= 11 is 7.49. The fraction of sp³-hybridized carbons (Fsp3) is 0.200. The number of hydrogen-bond acceptors (Lipinski definition) is 3. The Morgan fingerprint density at radius 2 is 2.05 bits per heavy atom. The molecule has 0 aliphatic carbocycles. The molecule has 20 heavy (non-hydrogen) atoms. The van der Waals surface area contributed by atoms with Crippen LogP contribution in [-0.4, -0.2) is 14.5 Å². The first kappa shape index (κ1) is 13.5. The molecule has 0 unspecified atom stereocenters. The Morgan fingerprint density at radius 1 is 1.25 bits per heavy atom. The molecule has 3 nitrogen and oxygen atoms in total. The van der Waals surface area contributed by atoms with Crippen LogP contribution >= 0.6 is 23.4 Å². The van der Waals surface area contributed by atoms with E-state index in [1.165, 1.54) is 21.4 Å². The number of aromatic nitrogens is 3. The molecule has 0 saturated heterocycles. The molecule has 102 valence electrons. The van der Waals surface area contributed by atoms with Gasteiger partial charge >= 0.3 is 0 Å². The summed E-state index contributed by atoms with van der Waals surface area (Å²) in [4.78, 5) is 9.83. The summed E-state index contributed by atoms with van der Waals surface area (Å²) in [5, 5.41) is 2.60. The van der Waals surface area contributed by atoms with Crippen molar-refractivity contribution in [3.63, 3.8) is 0 Å². The van der Waals surface area contributed by atoms with Gasteiger partial charge in [-0.2, -0.15) is 0 Å². The van der Waals surface area contributed by atoms with E-state index in [0.717, 1.165) is 10.7 Å². The van der Waals surface area contributed by atoms with E-state index in [9.17, 15) is 0 Å². The zero-order valence-electron chi connectivity index (χ0n) is 11.5. The van der Waals surface area contributed by atoms with E-state index in [-0.39, 0.29) is 0 Å². The fourth-order valence-electron chi connectivity index (χ4n) is 2.30. The lowest BCUT2D eigenvalue weighted by molar-refractivity contribution is 0.954. The smallest absolute Gasteiger partial charge is 0.147 e. The summed E-state index contributed by atoms with van der Waals surface area (Å²) in [6.45, 7) is 4.06. The van der Waals surface area contributed by atoms with Gasteiger partial charge in [-0.3, -0.25) is 0 Å². The lowest BCUT2D eigenvalue weighted by Gasteiger charge is -2.04. The van der Waals surface area contributed by atoms with Gasteiger partial charge in [0, 0.05) is 29.0 Å². The normalized spacial score (nSPS) is 11.2. The van der Waals surface area contributed by atoms with Crippen LogP contribution in [0.4, 0.5) is 0 Å². The third kappa shape index (κ3) is 2.30. The number of hydrogen-bond donors (Lipinski definition) is 0. The lowest BCUT2D eigenvalue weighted by Crippen LogP contribution is -1.90. The molecular weight excluding hydrogens is 290 g/mol. The second-order valence-electron chi connectivity index (χ2n) is 4.76. The first-order valence-electron chi connectivity index (χ1n) is 6.28. The number of rotatable bonds is 2.